The molecule has 3 heteroatoms. The van der Waals surface area contributed by atoms with E-state index in [2.05, 4.69) is 19.2 Å². The molecule has 0 aliphatic rings. The SMILES string of the molecule is CCNC(CC)CO[SiH3]. The third-order valence-electron chi connectivity index (χ3n) is 1.35. The highest BCUT2D eigenvalue weighted by Crippen LogP contribution is 1.88. The maximum atomic E-state index is 5.12. The van der Waals surface area contributed by atoms with Gasteiger partial charge in [0, 0.05) is 12.6 Å². The van der Waals surface area contributed by atoms with Crippen LogP contribution >= 0.6 is 0 Å². The molecular weight excluding hydrogens is 130 g/mol. The normalized spacial score (nSPS) is 14.0. The summed E-state index contributed by atoms with van der Waals surface area (Å²) < 4.78 is 5.12. The van der Waals surface area contributed by atoms with Crippen molar-refractivity contribution >= 4 is 10.5 Å². The first-order valence-corrected chi connectivity index (χ1v) is 4.39. The number of rotatable bonds is 5. The molecule has 0 amide bonds. The zero-order valence-corrected chi connectivity index (χ0v) is 8.61. The molecule has 1 unspecified atom stereocenters. The Morgan fingerprint density at radius 1 is 1.56 bits per heavy atom. The zero-order valence-electron chi connectivity index (χ0n) is 6.61. The fourth-order valence-electron chi connectivity index (χ4n) is 0.811. The van der Waals surface area contributed by atoms with Gasteiger partial charge in [0.1, 0.15) is 10.5 Å². The average Bonchev–Trinajstić information content (AvgIpc) is 1.88. The molecule has 0 aromatic rings. The molecule has 0 aliphatic heterocycles. The van der Waals surface area contributed by atoms with E-state index in [-0.39, 0.29) is 0 Å². The lowest BCUT2D eigenvalue weighted by Gasteiger charge is -2.13. The second-order valence-electron chi connectivity index (χ2n) is 2.12. The van der Waals surface area contributed by atoms with Crippen LogP contribution in [-0.4, -0.2) is 29.7 Å². The first-order chi connectivity index (χ1) is 4.35. The molecule has 0 rings (SSSR count). The molecule has 0 saturated heterocycles. The molecule has 0 radical (unpaired) electrons. The molecule has 0 saturated carbocycles. The zero-order chi connectivity index (χ0) is 7.11. The van der Waals surface area contributed by atoms with Crippen LogP contribution in [-0.2, 0) is 4.43 Å². The summed E-state index contributed by atoms with van der Waals surface area (Å²) in [5.74, 6) is 0. The lowest BCUT2D eigenvalue weighted by Crippen LogP contribution is -2.32. The Morgan fingerprint density at radius 3 is 2.56 bits per heavy atom. The van der Waals surface area contributed by atoms with E-state index in [1.807, 2.05) is 0 Å². The lowest BCUT2D eigenvalue weighted by atomic mass is 10.2. The predicted octanol–water partition coefficient (Wildman–Crippen LogP) is -0.329. The summed E-state index contributed by atoms with van der Waals surface area (Å²) >= 11 is 0. The highest BCUT2D eigenvalue weighted by Gasteiger charge is 2.00. The molecule has 0 spiro atoms. The van der Waals surface area contributed by atoms with Crippen molar-refractivity contribution in [3.05, 3.63) is 0 Å². The van der Waals surface area contributed by atoms with Crippen LogP contribution in [0, 0.1) is 0 Å². The maximum absolute atomic E-state index is 5.12. The molecule has 56 valence electrons. The number of likely N-dealkylation sites (N-methyl/N-ethyl adjacent to an activating group) is 1. The fourth-order valence-corrected chi connectivity index (χ4v) is 1.21. The topological polar surface area (TPSA) is 21.3 Å². The molecule has 2 nitrogen and oxygen atoms in total. The van der Waals surface area contributed by atoms with Crippen molar-refractivity contribution in [1.29, 1.82) is 0 Å². The van der Waals surface area contributed by atoms with Crippen LogP contribution in [0.3, 0.4) is 0 Å². The van der Waals surface area contributed by atoms with E-state index in [0.29, 0.717) is 6.04 Å². The summed E-state index contributed by atoms with van der Waals surface area (Å²) in [6.45, 7) is 6.23. The van der Waals surface area contributed by atoms with E-state index in [0.717, 1.165) is 30.1 Å². The van der Waals surface area contributed by atoms with Crippen molar-refractivity contribution in [2.75, 3.05) is 13.2 Å². The molecule has 0 heterocycles. The first kappa shape index (κ1) is 9.14. The van der Waals surface area contributed by atoms with Gasteiger partial charge in [-0.2, -0.15) is 0 Å². The predicted molar refractivity (Wildman–Crippen MR) is 43.6 cm³/mol. The van der Waals surface area contributed by atoms with Gasteiger partial charge in [-0.25, -0.2) is 0 Å². The summed E-state index contributed by atoms with van der Waals surface area (Å²) in [6, 6.07) is 0.576. The monoisotopic (exact) mass is 147 g/mol. The van der Waals surface area contributed by atoms with Gasteiger partial charge in [-0.1, -0.05) is 13.8 Å². The Balaban J connectivity index is 3.18. The Morgan fingerprint density at radius 2 is 2.22 bits per heavy atom. The molecular formula is C6H17NOSi. The van der Waals surface area contributed by atoms with Crippen molar-refractivity contribution in [3.63, 3.8) is 0 Å². The van der Waals surface area contributed by atoms with Crippen LogP contribution in [0.1, 0.15) is 20.3 Å². The van der Waals surface area contributed by atoms with Crippen molar-refractivity contribution in [2.24, 2.45) is 0 Å². The van der Waals surface area contributed by atoms with E-state index in [4.69, 9.17) is 4.43 Å². The van der Waals surface area contributed by atoms with Gasteiger partial charge in [0.25, 0.3) is 0 Å². The van der Waals surface area contributed by atoms with Crippen molar-refractivity contribution < 1.29 is 4.43 Å². The van der Waals surface area contributed by atoms with Gasteiger partial charge >= 0.3 is 0 Å². The quantitative estimate of drug-likeness (QED) is 0.538. The van der Waals surface area contributed by atoms with Gasteiger partial charge in [-0.3, -0.25) is 0 Å². The average molecular weight is 147 g/mol. The van der Waals surface area contributed by atoms with Gasteiger partial charge in [-0.05, 0) is 13.0 Å². The number of hydrogen-bond donors (Lipinski definition) is 1. The smallest absolute Gasteiger partial charge is 0.146 e. The fraction of sp³-hybridized carbons (Fsp3) is 1.00. The highest BCUT2D eigenvalue weighted by atomic mass is 28.2. The van der Waals surface area contributed by atoms with E-state index in [9.17, 15) is 0 Å². The summed E-state index contributed by atoms with van der Waals surface area (Å²) in [7, 11) is 0.859. The Kier molecular flexibility index (Phi) is 6.35. The molecule has 0 aromatic carbocycles. The van der Waals surface area contributed by atoms with E-state index < -0.39 is 0 Å². The van der Waals surface area contributed by atoms with Crippen LogP contribution in [0.25, 0.3) is 0 Å². The molecule has 1 atom stereocenters. The Labute approximate surface area is 60.5 Å². The van der Waals surface area contributed by atoms with Crippen LogP contribution in [0.4, 0.5) is 0 Å². The van der Waals surface area contributed by atoms with E-state index in [1.165, 1.54) is 0 Å². The molecule has 1 N–H and O–H groups in total. The van der Waals surface area contributed by atoms with Crippen LogP contribution in [0.2, 0.25) is 0 Å². The Hall–Kier alpha value is 0.137. The minimum Gasteiger partial charge on any atom is -0.426 e. The number of hydrogen-bond acceptors (Lipinski definition) is 2. The molecule has 9 heavy (non-hydrogen) atoms. The third-order valence-corrected chi connectivity index (χ3v) is 1.69. The second kappa shape index (κ2) is 6.26. The second-order valence-corrected chi connectivity index (χ2v) is 2.70. The number of nitrogens with one attached hydrogen (secondary N) is 1. The molecule has 0 aliphatic carbocycles. The molecule has 0 bridgehead atoms. The lowest BCUT2D eigenvalue weighted by molar-refractivity contribution is 0.283. The van der Waals surface area contributed by atoms with E-state index in [1.54, 1.807) is 0 Å². The standard InChI is InChI=1S/C6H17NOSi/c1-3-6(5-8-9)7-4-2/h6-7H,3-5H2,1-2,9H3. The highest BCUT2D eigenvalue weighted by molar-refractivity contribution is 5.97. The first-order valence-electron chi connectivity index (χ1n) is 3.57. The van der Waals surface area contributed by atoms with Gasteiger partial charge in [0.2, 0.25) is 0 Å². The van der Waals surface area contributed by atoms with Crippen LogP contribution < -0.4 is 5.32 Å². The van der Waals surface area contributed by atoms with Gasteiger partial charge < -0.3 is 9.74 Å². The minimum atomic E-state index is 0.576. The summed E-state index contributed by atoms with van der Waals surface area (Å²) in [5.41, 5.74) is 0. The molecule has 0 aromatic heterocycles. The maximum Gasteiger partial charge on any atom is 0.146 e. The minimum absolute atomic E-state index is 0.576. The van der Waals surface area contributed by atoms with Crippen LogP contribution in [0.5, 0.6) is 0 Å². The largest absolute Gasteiger partial charge is 0.426 e. The van der Waals surface area contributed by atoms with Gasteiger partial charge in [0.15, 0.2) is 0 Å². The molecule has 0 fully saturated rings. The van der Waals surface area contributed by atoms with Crippen molar-refractivity contribution in [3.8, 4) is 0 Å². The summed E-state index contributed by atoms with van der Waals surface area (Å²) in [5, 5.41) is 3.33. The summed E-state index contributed by atoms with van der Waals surface area (Å²) in [4.78, 5) is 0. The summed E-state index contributed by atoms with van der Waals surface area (Å²) in [6.07, 6.45) is 1.16. The van der Waals surface area contributed by atoms with Crippen molar-refractivity contribution in [2.45, 2.75) is 26.3 Å². The van der Waals surface area contributed by atoms with Gasteiger partial charge in [0.05, 0.1) is 0 Å². The van der Waals surface area contributed by atoms with Crippen LogP contribution in [0.15, 0.2) is 0 Å². The Bertz CT molecular complexity index is 55.0. The van der Waals surface area contributed by atoms with E-state index >= 15 is 0 Å². The van der Waals surface area contributed by atoms with Crippen molar-refractivity contribution in [1.82, 2.24) is 5.32 Å². The third kappa shape index (κ3) is 4.63. The van der Waals surface area contributed by atoms with Gasteiger partial charge in [-0.15, -0.1) is 0 Å².